The lowest BCUT2D eigenvalue weighted by Gasteiger charge is -2.21. The maximum Gasteiger partial charge on any atom is 0.296 e. The predicted octanol–water partition coefficient (Wildman–Crippen LogP) is 1.72. The third-order valence-electron chi connectivity index (χ3n) is 3.22. The topological polar surface area (TPSA) is 104 Å². The van der Waals surface area contributed by atoms with Crippen LogP contribution in [0.1, 0.15) is 12.8 Å². The van der Waals surface area contributed by atoms with Gasteiger partial charge in [0.2, 0.25) is 5.91 Å². The van der Waals surface area contributed by atoms with Crippen LogP contribution in [0.4, 0.5) is 11.4 Å². The average molecular weight is 311 g/mol. The highest BCUT2D eigenvalue weighted by molar-refractivity contribution is 8.00. The molecule has 0 radical (unpaired) electrons. The van der Waals surface area contributed by atoms with Gasteiger partial charge in [-0.15, -0.1) is 11.8 Å². The SMILES string of the molecule is O=C(CSC1CCNCC1)Nc1c(O)cccc1[N+](=O)[O-]. The minimum Gasteiger partial charge on any atom is -0.505 e. The van der Waals surface area contributed by atoms with Gasteiger partial charge in [-0.1, -0.05) is 6.07 Å². The van der Waals surface area contributed by atoms with Crippen molar-refractivity contribution in [2.45, 2.75) is 18.1 Å². The van der Waals surface area contributed by atoms with E-state index in [1.807, 2.05) is 0 Å². The second-order valence-electron chi connectivity index (χ2n) is 4.74. The summed E-state index contributed by atoms with van der Waals surface area (Å²) >= 11 is 1.54. The first kappa shape index (κ1) is 15.6. The number of anilines is 1. The molecule has 0 bridgehead atoms. The molecule has 114 valence electrons. The van der Waals surface area contributed by atoms with Gasteiger partial charge in [0.05, 0.1) is 10.7 Å². The van der Waals surface area contributed by atoms with Gasteiger partial charge in [0, 0.05) is 11.3 Å². The number of carbonyl (C=O) groups is 1. The lowest BCUT2D eigenvalue weighted by molar-refractivity contribution is -0.384. The molecular weight excluding hydrogens is 294 g/mol. The van der Waals surface area contributed by atoms with Gasteiger partial charge in [0.15, 0.2) is 5.69 Å². The molecule has 1 aromatic carbocycles. The fourth-order valence-electron chi connectivity index (χ4n) is 2.14. The van der Waals surface area contributed by atoms with Crippen LogP contribution in [-0.4, -0.2) is 40.0 Å². The number of hydrogen-bond acceptors (Lipinski definition) is 6. The number of nitro groups is 1. The number of thioether (sulfide) groups is 1. The van der Waals surface area contributed by atoms with Gasteiger partial charge in [-0.05, 0) is 32.0 Å². The van der Waals surface area contributed by atoms with E-state index in [1.54, 1.807) is 11.8 Å². The van der Waals surface area contributed by atoms with Gasteiger partial charge in [-0.2, -0.15) is 0 Å². The predicted molar refractivity (Wildman–Crippen MR) is 81.7 cm³/mol. The first-order valence-corrected chi connectivity index (χ1v) is 7.71. The van der Waals surface area contributed by atoms with Crippen LogP contribution in [0.25, 0.3) is 0 Å². The van der Waals surface area contributed by atoms with Gasteiger partial charge >= 0.3 is 0 Å². The Hall–Kier alpha value is -1.80. The molecule has 3 N–H and O–H groups in total. The van der Waals surface area contributed by atoms with Crippen LogP contribution in [-0.2, 0) is 4.79 Å². The Morgan fingerprint density at radius 3 is 2.86 bits per heavy atom. The summed E-state index contributed by atoms with van der Waals surface area (Å²) in [6.45, 7) is 1.90. The van der Waals surface area contributed by atoms with Crippen LogP contribution in [0, 0.1) is 10.1 Å². The molecule has 0 unspecified atom stereocenters. The number of rotatable bonds is 5. The van der Waals surface area contributed by atoms with Gasteiger partial charge < -0.3 is 15.7 Å². The van der Waals surface area contributed by atoms with Crippen molar-refractivity contribution in [1.29, 1.82) is 0 Å². The van der Waals surface area contributed by atoms with Gasteiger partial charge in [0.1, 0.15) is 5.75 Å². The van der Waals surface area contributed by atoms with E-state index >= 15 is 0 Å². The summed E-state index contributed by atoms with van der Waals surface area (Å²) in [5.41, 5.74) is -0.450. The quantitative estimate of drug-likeness (QED) is 0.434. The zero-order valence-electron chi connectivity index (χ0n) is 11.4. The van der Waals surface area contributed by atoms with E-state index in [-0.39, 0.29) is 28.8 Å². The van der Waals surface area contributed by atoms with Crippen molar-refractivity contribution in [2.75, 3.05) is 24.2 Å². The number of benzene rings is 1. The highest BCUT2D eigenvalue weighted by atomic mass is 32.2. The summed E-state index contributed by atoms with van der Waals surface area (Å²) in [6, 6.07) is 3.92. The number of carbonyl (C=O) groups excluding carboxylic acids is 1. The Bertz CT molecular complexity index is 532. The summed E-state index contributed by atoms with van der Waals surface area (Å²) in [4.78, 5) is 22.2. The summed E-state index contributed by atoms with van der Waals surface area (Å²) in [5, 5.41) is 26.7. The number of aromatic hydroxyl groups is 1. The van der Waals surface area contributed by atoms with E-state index in [9.17, 15) is 20.0 Å². The van der Waals surface area contributed by atoms with E-state index in [0.717, 1.165) is 25.9 Å². The molecule has 0 aromatic heterocycles. The molecular formula is C13H17N3O4S. The van der Waals surface area contributed by atoms with Crippen molar-refractivity contribution in [3.05, 3.63) is 28.3 Å². The third kappa shape index (κ3) is 4.33. The molecule has 0 atom stereocenters. The minimum absolute atomic E-state index is 0.140. The molecule has 1 aliphatic rings. The Balaban J connectivity index is 1.94. The Kier molecular flexibility index (Phi) is 5.40. The molecule has 21 heavy (non-hydrogen) atoms. The number of amides is 1. The maximum absolute atomic E-state index is 11.9. The maximum atomic E-state index is 11.9. The van der Waals surface area contributed by atoms with Crippen LogP contribution in [0.15, 0.2) is 18.2 Å². The smallest absolute Gasteiger partial charge is 0.296 e. The van der Waals surface area contributed by atoms with E-state index in [0.29, 0.717) is 5.25 Å². The molecule has 1 aliphatic heterocycles. The molecule has 1 fully saturated rings. The number of nitrogens with one attached hydrogen (secondary N) is 2. The van der Waals surface area contributed by atoms with E-state index in [4.69, 9.17) is 0 Å². The molecule has 0 spiro atoms. The molecule has 1 heterocycles. The number of hydrogen-bond donors (Lipinski definition) is 3. The fourth-order valence-corrected chi connectivity index (χ4v) is 3.17. The summed E-state index contributed by atoms with van der Waals surface area (Å²) in [5.74, 6) is -0.427. The van der Waals surface area contributed by atoms with Crippen molar-refractivity contribution < 1.29 is 14.8 Å². The van der Waals surface area contributed by atoms with Gasteiger partial charge in [-0.3, -0.25) is 14.9 Å². The molecule has 1 amide bonds. The van der Waals surface area contributed by atoms with Crippen LogP contribution >= 0.6 is 11.8 Å². The van der Waals surface area contributed by atoms with Gasteiger partial charge in [-0.25, -0.2) is 0 Å². The molecule has 0 aliphatic carbocycles. The van der Waals surface area contributed by atoms with Gasteiger partial charge in [0.25, 0.3) is 5.69 Å². The lowest BCUT2D eigenvalue weighted by Crippen LogP contribution is -2.30. The standard InChI is InChI=1S/C13H17N3O4S/c17-11-3-1-2-10(16(19)20)13(11)15-12(18)8-21-9-4-6-14-7-5-9/h1-3,9,14,17H,4-8H2,(H,15,18). The Morgan fingerprint density at radius 1 is 1.48 bits per heavy atom. The fraction of sp³-hybridized carbons (Fsp3) is 0.462. The first-order valence-electron chi connectivity index (χ1n) is 6.66. The highest BCUT2D eigenvalue weighted by Crippen LogP contribution is 2.33. The second kappa shape index (κ2) is 7.28. The molecule has 0 saturated carbocycles. The number of phenolic OH excluding ortho intramolecular Hbond substituents is 1. The van der Waals surface area contributed by atoms with E-state index in [1.165, 1.54) is 18.2 Å². The molecule has 7 nitrogen and oxygen atoms in total. The molecule has 8 heteroatoms. The van der Waals surface area contributed by atoms with Crippen LogP contribution in [0.3, 0.4) is 0 Å². The van der Waals surface area contributed by atoms with Crippen molar-refractivity contribution in [2.24, 2.45) is 0 Å². The molecule has 1 saturated heterocycles. The van der Waals surface area contributed by atoms with E-state index < -0.39 is 4.92 Å². The second-order valence-corrected chi connectivity index (χ2v) is 6.03. The zero-order chi connectivity index (χ0) is 15.2. The number of nitrogens with zero attached hydrogens (tertiary/aromatic N) is 1. The lowest BCUT2D eigenvalue weighted by atomic mass is 10.2. The van der Waals surface area contributed by atoms with E-state index in [2.05, 4.69) is 10.6 Å². The number of phenols is 1. The Morgan fingerprint density at radius 2 is 2.19 bits per heavy atom. The summed E-state index contributed by atoms with van der Waals surface area (Å²) in [7, 11) is 0. The third-order valence-corrected chi connectivity index (χ3v) is 4.59. The first-order chi connectivity index (χ1) is 10.1. The monoisotopic (exact) mass is 311 g/mol. The number of nitro benzene ring substituents is 1. The van der Waals surface area contributed by atoms with Crippen LogP contribution in [0.5, 0.6) is 5.75 Å². The number of piperidine rings is 1. The van der Waals surface area contributed by atoms with Crippen LogP contribution < -0.4 is 10.6 Å². The van der Waals surface area contributed by atoms with Crippen molar-refractivity contribution in [3.63, 3.8) is 0 Å². The minimum atomic E-state index is -0.630. The highest BCUT2D eigenvalue weighted by Gasteiger charge is 2.20. The number of para-hydroxylation sites is 1. The van der Waals surface area contributed by atoms with Crippen molar-refractivity contribution >= 4 is 29.0 Å². The average Bonchev–Trinajstić information content (AvgIpc) is 2.48. The molecule has 1 aromatic rings. The normalized spacial score (nSPS) is 15.6. The largest absolute Gasteiger partial charge is 0.505 e. The summed E-state index contributed by atoms with van der Waals surface area (Å²) in [6.07, 6.45) is 2.02. The van der Waals surface area contributed by atoms with Crippen molar-refractivity contribution in [1.82, 2.24) is 5.32 Å². The van der Waals surface area contributed by atoms with Crippen LogP contribution in [0.2, 0.25) is 0 Å². The molecule has 2 rings (SSSR count). The Labute approximate surface area is 126 Å². The van der Waals surface area contributed by atoms with Crippen molar-refractivity contribution in [3.8, 4) is 5.75 Å². The summed E-state index contributed by atoms with van der Waals surface area (Å²) < 4.78 is 0. The zero-order valence-corrected chi connectivity index (χ0v) is 12.2.